The van der Waals surface area contributed by atoms with Crippen LogP contribution in [0.3, 0.4) is 0 Å². The van der Waals surface area contributed by atoms with E-state index in [1.807, 2.05) is 18.2 Å². The average Bonchev–Trinajstić information content (AvgIpc) is 3.33. The Morgan fingerprint density at radius 3 is 2.68 bits per heavy atom. The van der Waals surface area contributed by atoms with Crippen molar-refractivity contribution in [2.75, 3.05) is 18.4 Å². The predicted octanol–water partition coefficient (Wildman–Crippen LogP) is 4.12. The minimum Gasteiger partial charge on any atom is -0.368 e. The van der Waals surface area contributed by atoms with Crippen molar-refractivity contribution >= 4 is 34.2 Å². The molecule has 0 spiro atoms. The monoisotopic (exact) mass is 360 g/mol. The summed E-state index contributed by atoms with van der Waals surface area (Å²) >= 11 is 6.10. The first-order chi connectivity index (χ1) is 11.8. The highest BCUT2D eigenvalue weighted by Gasteiger charge is 2.27. The molecular formula is C19H25ClN4O. The lowest BCUT2D eigenvalue weighted by molar-refractivity contribution is -0.122. The molecule has 134 valence electrons. The van der Waals surface area contributed by atoms with E-state index in [4.69, 9.17) is 16.6 Å². The molecule has 2 N–H and O–H groups in total. The van der Waals surface area contributed by atoms with Gasteiger partial charge in [-0.25, -0.2) is 9.97 Å². The molecule has 25 heavy (non-hydrogen) atoms. The van der Waals surface area contributed by atoms with Gasteiger partial charge in [-0.3, -0.25) is 4.79 Å². The van der Waals surface area contributed by atoms with E-state index in [0.29, 0.717) is 30.5 Å². The maximum atomic E-state index is 11.9. The number of rotatable bonds is 6. The number of carbonyl (C=O) groups is 1. The minimum absolute atomic E-state index is 0.00119. The first kappa shape index (κ1) is 17.9. The third-order valence-electron chi connectivity index (χ3n) is 4.05. The molecule has 0 unspecified atom stereocenters. The molecule has 1 aliphatic carbocycles. The molecule has 0 bridgehead atoms. The van der Waals surface area contributed by atoms with Crippen LogP contribution in [0.1, 0.15) is 51.8 Å². The molecule has 0 aliphatic heterocycles. The van der Waals surface area contributed by atoms with E-state index in [2.05, 4.69) is 36.4 Å². The highest BCUT2D eigenvalue weighted by Crippen LogP contribution is 2.39. The number of hydrogen-bond donors (Lipinski definition) is 2. The van der Waals surface area contributed by atoms with Crippen LogP contribution in [-0.2, 0) is 4.79 Å². The van der Waals surface area contributed by atoms with Crippen molar-refractivity contribution in [3.63, 3.8) is 0 Å². The summed E-state index contributed by atoms with van der Waals surface area (Å²) in [7, 11) is 0. The molecule has 0 saturated heterocycles. The van der Waals surface area contributed by atoms with Gasteiger partial charge in [0.1, 0.15) is 11.6 Å². The van der Waals surface area contributed by atoms with Gasteiger partial charge in [-0.05, 0) is 36.5 Å². The molecule has 1 fully saturated rings. The molecule has 1 amide bonds. The Hall–Kier alpha value is -1.88. The Balaban J connectivity index is 1.65. The van der Waals surface area contributed by atoms with Gasteiger partial charge in [0.05, 0.1) is 5.52 Å². The van der Waals surface area contributed by atoms with Crippen molar-refractivity contribution < 1.29 is 4.79 Å². The number of amides is 1. The van der Waals surface area contributed by atoms with E-state index < -0.39 is 0 Å². The number of hydrogen-bond acceptors (Lipinski definition) is 4. The van der Waals surface area contributed by atoms with Crippen LogP contribution in [0.15, 0.2) is 18.2 Å². The van der Waals surface area contributed by atoms with Crippen molar-refractivity contribution in [2.24, 2.45) is 5.41 Å². The minimum atomic E-state index is -0.00119. The molecular weight excluding hydrogens is 336 g/mol. The number of benzene rings is 1. The lowest BCUT2D eigenvalue weighted by atomic mass is 9.92. The van der Waals surface area contributed by atoms with Crippen LogP contribution >= 0.6 is 11.6 Å². The van der Waals surface area contributed by atoms with Gasteiger partial charge in [-0.15, -0.1) is 0 Å². The summed E-state index contributed by atoms with van der Waals surface area (Å²) in [6.07, 6.45) is 2.82. The number of nitrogens with zero attached hydrogens (tertiary/aromatic N) is 2. The van der Waals surface area contributed by atoms with E-state index in [0.717, 1.165) is 35.4 Å². The van der Waals surface area contributed by atoms with Crippen molar-refractivity contribution in [3.05, 3.63) is 29.0 Å². The molecule has 6 heteroatoms. The zero-order valence-electron chi connectivity index (χ0n) is 15.0. The number of carbonyl (C=O) groups excluding carboxylic acids is 1. The fraction of sp³-hybridized carbons (Fsp3) is 0.526. The second-order valence-corrected chi connectivity index (χ2v) is 8.32. The van der Waals surface area contributed by atoms with Crippen molar-refractivity contribution in [2.45, 2.75) is 46.0 Å². The maximum absolute atomic E-state index is 11.9. The summed E-state index contributed by atoms with van der Waals surface area (Å²) in [6.45, 7) is 7.36. The van der Waals surface area contributed by atoms with Crippen LogP contribution in [0.2, 0.25) is 5.02 Å². The van der Waals surface area contributed by atoms with Gasteiger partial charge in [0.2, 0.25) is 5.91 Å². The molecule has 0 radical (unpaired) electrons. The highest BCUT2D eigenvalue weighted by molar-refractivity contribution is 6.31. The lowest BCUT2D eigenvalue weighted by Gasteiger charge is -2.17. The van der Waals surface area contributed by atoms with Gasteiger partial charge in [0.15, 0.2) is 0 Å². The Morgan fingerprint density at radius 2 is 2.00 bits per heavy atom. The summed E-state index contributed by atoms with van der Waals surface area (Å²) in [4.78, 5) is 21.2. The van der Waals surface area contributed by atoms with Crippen LogP contribution in [0, 0.1) is 5.41 Å². The van der Waals surface area contributed by atoms with Crippen LogP contribution in [0.25, 0.3) is 10.9 Å². The Bertz CT molecular complexity index is 781. The Labute approximate surface area is 153 Å². The number of nitrogens with one attached hydrogen (secondary N) is 2. The summed E-state index contributed by atoms with van der Waals surface area (Å²) in [6, 6.07) is 5.66. The number of halogens is 1. The number of aromatic nitrogens is 2. The molecule has 1 saturated carbocycles. The largest absolute Gasteiger partial charge is 0.368 e. The summed E-state index contributed by atoms with van der Waals surface area (Å²) in [5.41, 5.74) is 0.863. The van der Waals surface area contributed by atoms with Crippen molar-refractivity contribution in [3.8, 4) is 0 Å². The Morgan fingerprint density at radius 1 is 1.24 bits per heavy atom. The molecule has 1 aromatic heterocycles. The summed E-state index contributed by atoms with van der Waals surface area (Å²) < 4.78 is 0. The van der Waals surface area contributed by atoms with Gasteiger partial charge in [0.25, 0.3) is 0 Å². The second kappa shape index (κ2) is 7.16. The maximum Gasteiger partial charge on any atom is 0.220 e. The van der Waals surface area contributed by atoms with E-state index in [1.165, 1.54) is 0 Å². The van der Waals surface area contributed by atoms with E-state index in [1.54, 1.807) is 0 Å². The van der Waals surface area contributed by atoms with Gasteiger partial charge in [-0.1, -0.05) is 32.4 Å². The SMILES string of the molecule is CC(C)(C)CC(=O)NCCNc1nc(C2CC2)nc2cc(Cl)ccc12. The zero-order valence-corrected chi connectivity index (χ0v) is 15.8. The first-order valence-electron chi connectivity index (χ1n) is 8.79. The van der Waals surface area contributed by atoms with Crippen LogP contribution in [0.4, 0.5) is 5.82 Å². The predicted molar refractivity (Wildman–Crippen MR) is 102 cm³/mol. The molecule has 2 aromatic rings. The number of fused-ring (bicyclic) bond motifs is 1. The van der Waals surface area contributed by atoms with Gasteiger partial charge >= 0.3 is 0 Å². The normalized spacial score (nSPS) is 14.6. The second-order valence-electron chi connectivity index (χ2n) is 7.88. The molecule has 0 atom stereocenters. The van der Waals surface area contributed by atoms with Gasteiger partial charge in [0, 0.05) is 35.8 Å². The molecule has 5 nitrogen and oxygen atoms in total. The lowest BCUT2D eigenvalue weighted by Crippen LogP contribution is -2.31. The first-order valence-corrected chi connectivity index (χ1v) is 9.17. The fourth-order valence-corrected chi connectivity index (χ4v) is 2.87. The summed E-state index contributed by atoms with van der Waals surface area (Å²) in [5, 5.41) is 7.92. The molecule has 3 rings (SSSR count). The average molecular weight is 361 g/mol. The Kier molecular flexibility index (Phi) is 5.13. The standard InChI is InChI=1S/C19H25ClN4O/c1-19(2,3)11-16(25)21-8-9-22-18-14-7-6-13(20)10-15(14)23-17(24-18)12-4-5-12/h6-7,10,12H,4-5,8-9,11H2,1-3H3,(H,21,25)(H,22,23,24). The van der Waals surface area contributed by atoms with E-state index in [9.17, 15) is 4.79 Å². The highest BCUT2D eigenvalue weighted by atomic mass is 35.5. The van der Waals surface area contributed by atoms with E-state index >= 15 is 0 Å². The van der Waals surface area contributed by atoms with Crippen molar-refractivity contribution in [1.29, 1.82) is 0 Å². The molecule has 1 aliphatic rings. The van der Waals surface area contributed by atoms with Gasteiger partial charge < -0.3 is 10.6 Å². The molecule has 1 aromatic carbocycles. The van der Waals surface area contributed by atoms with Crippen molar-refractivity contribution in [1.82, 2.24) is 15.3 Å². The summed E-state index contributed by atoms with van der Waals surface area (Å²) in [5.74, 6) is 2.24. The fourth-order valence-electron chi connectivity index (χ4n) is 2.71. The van der Waals surface area contributed by atoms with Crippen LogP contribution in [0.5, 0.6) is 0 Å². The van der Waals surface area contributed by atoms with Gasteiger partial charge in [-0.2, -0.15) is 0 Å². The van der Waals surface area contributed by atoms with E-state index in [-0.39, 0.29) is 11.3 Å². The molecule has 1 heterocycles. The van der Waals surface area contributed by atoms with Crippen LogP contribution < -0.4 is 10.6 Å². The number of anilines is 1. The quantitative estimate of drug-likeness (QED) is 0.760. The topological polar surface area (TPSA) is 66.9 Å². The third-order valence-corrected chi connectivity index (χ3v) is 4.28. The zero-order chi connectivity index (χ0) is 18.0. The third kappa shape index (κ3) is 5.05. The smallest absolute Gasteiger partial charge is 0.220 e. The van der Waals surface area contributed by atoms with Crippen LogP contribution in [-0.4, -0.2) is 29.0 Å².